The number of benzene rings is 2. The van der Waals surface area contributed by atoms with Crippen molar-refractivity contribution in [1.82, 2.24) is 10.2 Å². The van der Waals surface area contributed by atoms with Gasteiger partial charge in [0.25, 0.3) is 0 Å². The van der Waals surface area contributed by atoms with E-state index in [-0.39, 0.29) is 24.4 Å². The Hall–Kier alpha value is -2.91. The molecule has 0 radical (unpaired) electrons. The van der Waals surface area contributed by atoms with Crippen LogP contribution in [0.3, 0.4) is 0 Å². The molecule has 0 aliphatic carbocycles. The van der Waals surface area contributed by atoms with Crippen LogP contribution in [0.1, 0.15) is 24.8 Å². The van der Waals surface area contributed by atoms with Crippen LogP contribution in [0.15, 0.2) is 48.5 Å². The van der Waals surface area contributed by atoms with Crippen molar-refractivity contribution in [2.45, 2.75) is 31.3 Å². The number of aliphatic hydroxyl groups excluding tert-OH is 1. The Morgan fingerprint density at radius 2 is 1.96 bits per heavy atom. The Kier molecular flexibility index (Phi) is 5.72. The summed E-state index contributed by atoms with van der Waals surface area (Å²) in [6.07, 6.45) is 0.789. The molecule has 0 saturated carbocycles. The lowest BCUT2D eigenvalue weighted by atomic mass is 9.73. The number of nitrogens with one attached hydrogen (secondary N) is 1. The van der Waals surface area contributed by atoms with Crippen molar-refractivity contribution in [3.63, 3.8) is 0 Å². The van der Waals surface area contributed by atoms with Crippen molar-refractivity contribution in [3.8, 4) is 17.2 Å². The predicted octanol–water partition coefficient (Wildman–Crippen LogP) is 3.26. The molecule has 0 spiro atoms. The van der Waals surface area contributed by atoms with Crippen LogP contribution in [-0.2, 0) is 0 Å². The van der Waals surface area contributed by atoms with Crippen LogP contribution in [0.5, 0.6) is 0 Å². The Morgan fingerprint density at radius 1 is 1.26 bits per heavy atom. The van der Waals surface area contributed by atoms with E-state index in [1.165, 1.54) is 17.0 Å². The van der Waals surface area contributed by atoms with Gasteiger partial charge in [-0.2, -0.15) is 5.26 Å². The van der Waals surface area contributed by atoms with Gasteiger partial charge in [0, 0.05) is 12.5 Å². The van der Waals surface area contributed by atoms with Crippen LogP contribution in [-0.4, -0.2) is 41.3 Å². The van der Waals surface area contributed by atoms with E-state index in [4.69, 9.17) is 0 Å². The first-order chi connectivity index (χ1) is 13.1. The van der Waals surface area contributed by atoms with Crippen molar-refractivity contribution in [3.05, 3.63) is 59.9 Å². The first-order valence-corrected chi connectivity index (χ1v) is 9.03. The van der Waals surface area contributed by atoms with Crippen molar-refractivity contribution in [1.29, 1.82) is 5.26 Å². The molecule has 0 bridgehead atoms. The number of likely N-dealkylation sites (tertiary alicyclic amines) is 1. The minimum absolute atomic E-state index is 0.236. The zero-order chi connectivity index (χ0) is 19.4. The Bertz CT molecular complexity index is 847. The molecular formula is C21H22FN3O2. The second-order valence-corrected chi connectivity index (χ2v) is 6.58. The topological polar surface area (TPSA) is 76.4 Å². The van der Waals surface area contributed by atoms with Crippen molar-refractivity contribution in [2.24, 2.45) is 0 Å². The van der Waals surface area contributed by atoms with Gasteiger partial charge < -0.3 is 15.3 Å². The number of halogens is 1. The first kappa shape index (κ1) is 18.9. The van der Waals surface area contributed by atoms with Crippen molar-refractivity contribution < 1.29 is 14.3 Å². The van der Waals surface area contributed by atoms with Crippen molar-refractivity contribution >= 4 is 6.03 Å². The van der Waals surface area contributed by atoms with Gasteiger partial charge >= 0.3 is 6.03 Å². The third kappa shape index (κ3) is 3.51. The predicted molar refractivity (Wildman–Crippen MR) is 100 cm³/mol. The molecule has 0 aromatic heterocycles. The molecule has 2 aromatic carbocycles. The summed E-state index contributed by atoms with van der Waals surface area (Å²) in [7, 11) is 0. The molecule has 27 heavy (non-hydrogen) atoms. The smallest absolute Gasteiger partial charge is 0.318 e. The van der Waals surface area contributed by atoms with Gasteiger partial charge in [-0.3, -0.25) is 0 Å². The summed E-state index contributed by atoms with van der Waals surface area (Å²) >= 11 is 0. The molecule has 2 aromatic rings. The molecule has 2 amide bonds. The molecule has 1 aliphatic rings. The van der Waals surface area contributed by atoms with Crippen LogP contribution < -0.4 is 5.32 Å². The van der Waals surface area contributed by atoms with Gasteiger partial charge in [-0.1, -0.05) is 43.3 Å². The van der Waals surface area contributed by atoms with Crippen LogP contribution >= 0.6 is 0 Å². The Labute approximate surface area is 158 Å². The standard InChI is InChI=1S/C21H22FN3O2/c1-2-11-24-21(27)25-18(12-23)20(19(25)13-26)17-6-4-3-5-16(17)14-7-9-15(22)10-8-14/h3-10,18-20,26H,2,11,13H2,1H3,(H,24,27)/t18-,19+,20+/m0/s1. The summed E-state index contributed by atoms with van der Waals surface area (Å²) in [5.74, 6) is -0.629. The molecule has 1 heterocycles. The second-order valence-electron chi connectivity index (χ2n) is 6.58. The van der Waals surface area contributed by atoms with Crippen LogP contribution in [0.4, 0.5) is 9.18 Å². The number of urea groups is 1. The summed E-state index contributed by atoms with van der Waals surface area (Å²) in [4.78, 5) is 13.8. The number of carbonyl (C=O) groups is 1. The second kappa shape index (κ2) is 8.19. The number of amides is 2. The molecule has 3 atom stereocenters. The molecule has 0 unspecified atom stereocenters. The number of hydrogen-bond donors (Lipinski definition) is 2. The number of aliphatic hydroxyl groups is 1. The largest absolute Gasteiger partial charge is 0.394 e. The van der Waals surface area contributed by atoms with E-state index in [2.05, 4.69) is 11.4 Å². The maximum Gasteiger partial charge on any atom is 0.318 e. The van der Waals surface area contributed by atoms with E-state index in [0.29, 0.717) is 6.54 Å². The highest BCUT2D eigenvalue weighted by molar-refractivity contribution is 5.78. The van der Waals surface area contributed by atoms with Gasteiger partial charge in [-0.25, -0.2) is 9.18 Å². The minimum Gasteiger partial charge on any atom is -0.394 e. The highest BCUT2D eigenvalue weighted by Gasteiger charge is 2.52. The number of nitrogens with zero attached hydrogens (tertiary/aromatic N) is 2. The summed E-state index contributed by atoms with van der Waals surface area (Å²) in [6, 6.07) is 14.4. The minimum atomic E-state index is -0.666. The maximum atomic E-state index is 13.3. The third-order valence-corrected chi connectivity index (χ3v) is 4.97. The van der Waals surface area contributed by atoms with E-state index >= 15 is 0 Å². The fraction of sp³-hybridized carbons (Fsp3) is 0.333. The van der Waals surface area contributed by atoms with Gasteiger partial charge in [0.15, 0.2) is 0 Å². The summed E-state index contributed by atoms with van der Waals surface area (Å²) in [5, 5.41) is 22.3. The quantitative estimate of drug-likeness (QED) is 0.852. The zero-order valence-electron chi connectivity index (χ0n) is 15.1. The zero-order valence-corrected chi connectivity index (χ0v) is 15.1. The van der Waals surface area contributed by atoms with Gasteiger partial charge in [0.05, 0.1) is 18.7 Å². The normalized spacial score (nSPS) is 21.3. The molecule has 1 saturated heterocycles. The van der Waals surface area contributed by atoms with Gasteiger partial charge in [-0.05, 0) is 35.2 Å². The summed E-state index contributed by atoms with van der Waals surface area (Å²) < 4.78 is 13.3. The molecular weight excluding hydrogens is 345 g/mol. The molecule has 140 valence electrons. The van der Waals surface area contributed by atoms with Gasteiger partial charge in [0.1, 0.15) is 11.9 Å². The third-order valence-electron chi connectivity index (χ3n) is 4.97. The molecule has 3 rings (SSSR count). The van der Waals surface area contributed by atoms with Crippen LogP contribution in [0, 0.1) is 17.1 Å². The fourth-order valence-electron chi connectivity index (χ4n) is 3.66. The maximum absolute atomic E-state index is 13.3. The number of carbonyl (C=O) groups excluding carboxylic acids is 1. The molecule has 1 aliphatic heterocycles. The number of nitriles is 1. The Morgan fingerprint density at radius 3 is 2.59 bits per heavy atom. The average Bonchev–Trinajstić information content (AvgIpc) is 2.67. The molecule has 6 heteroatoms. The SMILES string of the molecule is CCCNC(=O)N1[C@H](CO)[C@H](c2ccccc2-c2ccc(F)cc2)[C@@H]1C#N. The van der Waals surface area contributed by atoms with Crippen molar-refractivity contribution in [2.75, 3.05) is 13.2 Å². The number of rotatable bonds is 5. The van der Waals surface area contributed by atoms with E-state index in [1.807, 2.05) is 31.2 Å². The Balaban J connectivity index is 1.95. The van der Waals surface area contributed by atoms with Crippen LogP contribution in [0.25, 0.3) is 11.1 Å². The van der Waals surface area contributed by atoms with Gasteiger partial charge in [0.2, 0.25) is 0 Å². The molecule has 1 fully saturated rings. The lowest BCUT2D eigenvalue weighted by Crippen LogP contribution is -2.67. The molecule has 5 nitrogen and oxygen atoms in total. The lowest BCUT2D eigenvalue weighted by Gasteiger charge is -2.51. The summed E-state index contributed by atoms with van der Waals surface area (Å²) in [6.45, 7) is 2.23. The van der Waals surface area contributed by atoms with E-state index in [1.54, 1.807) is 12.1 Å². The van der Waals surface area contributed by atoms with E-state index < -0.39 is 12.1 Å². The first-order valence-electron chi connectivity index (χ1n) is 9.03. The van der Waals surface area contributed by atoms with Crippen LogP contribution in [0.2, 0.25) is 0 Å². The van der Waals surface area contributed by atoms with E-state index in [9.17, 15) is 19.6 Å². The number of hydrogen-bond acceptors (Lipinski definition) is 3. The van der Waals surface area contributed by atoms with Gasteiger partial charge in [-0.15, -0.1) is 0 Å². The average molecular weight is 367 g/mol. The molecule has 2 N–H and O–H groups in total. The fourth-order valence-corrected chi connectivity index (χ4v) is 3.66. The lowest BCUT2D eigenvalue weighted by molar-refractivity contribution is 0.0171. The highest BCUT2D eigenvalue weighted by atomic mass is 19.1. The van der Waals surface area contributed by atoms with E-state index in [0.717, 1.165) is 23.1 Å². The summed E-state index contributed by atoms with van der Waals surface area (Å²) in [5.41, 5.74) is 2.57. The monoisotopic (exact) mass is 367 g/mol. The highest BCUT2D eigenvalue weighted by Crippen LogP contribution is 2.43.